The van der Waals surface area contributed by atoms with Gasteiger partial charge in [0.2, 0.25) is 5.91 Å². The summed E-state index contributed by atoms with van der Waals surface area (Å²) >= 11 is 0. The number of likely N-dealkylation sites (N-methyl/N-ethyl adjacent to an activating group) is 1. The summed E-state index contributed by atoms with van der Waals surface area (Å²) < 4.78 is 13.7. The number of rotatable bonds is 4. The summed E-state index contributed by atoms with van der Waals surface area (Å²) in [6.45, 7) is 2.09. The summed E-state index contributed by atoms with van der Waals surface area (Å²) in [5, 5.41) is 10.6. The number of aliphatic hydroxyl groups is 1. The fourth-order valence-corrected chi connectivity index (χ4v) is 3.95. The molecule has 2 fully saturated rings. The Morgan fingerprint density at radius 3 is 2.70 bits per heavy atom. The predicted molar refractivity (Wildman–Crippen MR) is 86.5 cm³/mol. The van der Waals surface area contributed by atoms with E-state index in [4.69, 9.17) is 0 Å². The first-order chi connectivity index (χ1) is 11.1. The fourth-order valence-electron chi connectivity index (χ4n) is 3.95. The predicted octanol–water partition coefficient (Wildman–Crippen LogP) is 1.81. The quantitative estimate of drug-likeness (QED) is 0.920. The molecule has 23 heavy (non-hydrogen) atoms. The van der Waals surface area contributed by atoms with Gasteiger partial charge in [0, 0.05) is 13.1 Å². The van der Waals surface area contributed by atoms with Crippen LogP contribution in [0.4, 0.5) is 4.39 Å². The summed E-state index contributed by atoms with van der Waals surface area (Å²) in [4.78, 5) is 16.4. The highest BCUT2D eigenvalue weighted by molar-refractivity contribution is 5.79. The molecule has 5 heteroatoms. The standard InChI is InChI=1S/C18H25FN2O2/c1-20(17(22)12-13-6-2-3-7-14(13)19)15-8-9-16(18(15)23)21-10-4-5-11-21/h2-3,6-7,15-16,18,23H,4-5,8-12H2,1H3/t15-,16-,18-/m1/s1. The molecule has 2 aliphatic rings. The van der Waals surface area contributed by atoms with Gasteiger partial charge in [-0.15, -0.1) is 0 Å². The van der Waals surface area contributed by atoms with E-state index in [0.717, 1.165) is 25.9 Å². The van der Waals surface area contributed by atoms with Crippen molar-refractivity contribution in [3.63, 3.8) is 0 Å². The Morgan fingerprint density at radius 2 is 2.00 bits per heavy atom. The molecule has 3 rings (SSSR count). The third-order valence-electron chi connectivity index (χ3n) is 5.35. The van der Waals surface area contributed by atoms with Gasteiger partial charge in [0.05, 0.1) is 18.6 Å². The van der Waals surface area contributed by atoms with E-state index in [1.807, 2.05) is 0 Å². The molecule has 0 bridgehead atoms. The first-order valence-corrected chi connectivity index (χ1v) is 8.49. The summed E-state index contributed by atoms with van der Waals surface area (Å²) in [5.41, 5.74) is 0.410. The third kappa shape index (κ3) is 3.40. The van der Waals surface area contributed by atoms with Crippen LogP contribution in [-0.4, -0.2) is 59.1 Å². The molecule has 1 aromatic rings. The normalized spacial score (nSPS) is 28.2. The molecule has 1 N–H and O–H groups in total. The second kappa shape index (κ2) is 6.97. The highest BCUT2D eigenvalue weighted by atomic mass is 19.1. The lowest BCUT2D eigenvalue weighted by Gasteiger charge is -2.32. The Morgan fingerprint density at radius 1 is 1.30 bits per heavy atom. The van der Waals surface area contributed by atoms with Crippen molar-refractivity contribution in [1.82, 2.24) is 9.80 Å². The van der Waals surface area contributed by atoms with Crippen molar-refractivity contribution in [1.29, 1.82) is 0 Å². The number of amides is 1. The summed E-state index contributed by atoms with van der Waals surface area (Å²) in [6, 6.07) is 6.36. The van der Waals surface area contributed by atoms with E-state index in [0.29, 0.717) is 5.56 Å². The number of aliphatic hydroxyl groups excluding tert-OH is 1. The molecule has 1 heterocycles. The number of likely N-dealkylation sites (tertiary alicyclic amines) is 1. The Hall–Kier alpha value is -1.46. The molecule has 0 aromatic heterocycles. The van der Waals surface area contributed by atoms with Gasteiger partial charge in [-0.3, -0.25) is 9.69 Å². The van der Waals surface area contributed by atoms with E-state index >= 15 is 0 Å². The molecule has 126 valence electrons. The molecule has 0 radical (unpaired) electrons. The summed E-state index contributed by atoms with van der Waals surface area (Å²) in [7, 11) is 1.73. The summed E-state index contributed by atoms with van der Waals surface area (Å²) in [6.07, 6.45) is 3.64. The zero-order valence-electron chi connectivity index (χ0n) is 13.6. The number of benzene rings is 1. The average molecular weight is 320 g/mol. The number of hydrogen-bond acceptors (Lipinski definition) is 3. The first-order valence-electron chi connectivity index (χ1n) is 8.49. The van der Waals surface area contributed by atoms with Gasteiger partial charge in [-0.2, -0.15) is 0 Å². The van der Waals surface area contributed by atoms with E-state index in [2.05, 4.69) is 4.90 Å². The van der Waals surface area contributed by atoms with Gasteiger partial charge < -0.3 is 10.0 Å². The number of hydrogen-bond donors (Lipinski definition) is 1. The van der Waals surface area contributed by atoms with Crippen molar-refractivity contribution in [2.24, 2.45) is 0 Å². The molecule has 1 aliphatic heterocycles. The number of carbonyl (C=O) groups excluding carboxylic acids is 1. The third-order valence-corrected chi connectivity index (χ3v) is 5.35. The van der Waals surface area contributed by atoms with Crippen LogP contribution < -0.4 is 0 Å². The van der Waals surface area contributed by atoms with Crippen molar-refractivity contribution >= 4 is 5.91 Å². The van der Waals surface area contributed by atoms with Crippen LogP contribution in [0.2, 0.25) is 0 Å². The van der Waals surface area contributed by atoms with Crippen molar-refractivity contribution < 1.29 is 14.3 Å². The van der Waals surface area contributed by atoms with E-state index in [1.54, 1.807) is 30.1 Å². The fraction of sp³-hybridized carbons (Fsp3) is 0.611. The van der Waals surface area contributed by atoms with Gasteiger partial charge in [-0.05, 0) is 50.4 Å². The smallest absolute Gasteiger partial charge is 0.227 e. The lowest BCUT2D eigenvalue weighted by Crippen LogP contribution is -2.48. The molecule has 4 nitrogen and oxygen atoms in total. The van der Waals surface area contributed by atoms with Crippen LogP contribution in [0.1, 0.15) is 31.2 Å². The maximum atomic E-state index is 13.7. The summed E-state index contributed by atoms with van der Waals surface area (Å²) in [5.74, 6) is -0.489. The molecule has 1 aliphatic carbocycles. The number of nitrogens with zero attached hydrogens (tertiary/aromatic N) is 2. The first kappa shape index (κ1) is 16.4. The highest BCUT2D eigenvalue weighted by Gasteiger charge is 2.41. The van der Waals surface area contributed by atoms with Gasteiger partial charge in [-0.1, -0.05) is 18.2 Å². The minimum absolute atomic E-state index is 0.0424. The average Bonchev–Trinajstić information content (AvgIpc) is 3.18. The van der Waals surface area contributed by atoms with Gasteiger partial charge in [0.25, 0.3) is 0 Å². The zero-order valence-corrected chi connectivity index (χ0v) is 13.6. The van der Waals surface area contributed by atoms with Gasteiger partial charge in [0.1, 0.15) is 5.82 Å². The molecule has 0 spiro atoms. The molecule has 3 atom stereocenters. The molecule has 1 saturated carbocycles. The molecular weight excluding hydrogens is 295 g/mol. The van der Waals surface area contributed by atoms with Crippen molar-refractivity contribution in [2.75, 3.05) is 20.1 Å². The Labute approximate surface area is 136 Å². The minimum atomic E-state index is -0.511. The monoisotopic (exact) mass is 320 g/mol. The molecular formula is C18H25FN2O2. The SMILES string of the molecule is CN(C(=O)Cc1ccccc1F)[C@@H]1CC[C@@H](N2CCCC2)[C@@H]1O. The lowest BCUT2D eigenvalue weighted by atomic mass is 10.1. The van der Waals surface area contributed by atoms with Gasteiger partial charge in [0.15, 0.2) is 0 Å². The van der Waals surface area contributed by atoms with Gasteiger partial charge >= 0.3 is 0 Å². The van der Waals surface area contributed by atoms with Crippen LogP contribution in [0.5, 0.6) is 0 Å². The van der Waals surface area contributed by atoms with Crippen LogP contribution in [0, 0.1) is 5.82 Å². The van der Waals surface area contributed by atoms with Crippen molar-refractivity contribution in [2.45, 2.75) is 50.3 Å². The Bertz CT molecular complexity index is 560. The van der Waals surface area contributed by atoms with Crippen LogP contribution in [0.25, 0.3) is 0 Å². The second-order valence-electron chi connectivity index (χ2n) is 6.72. The highest BCUT2D eigenvalue weighted by Crippen LogP contribution is 2.30. The Balaban J connectivity index is 1.62. The zero-order chi connectivity index (χ0) is 16.4. The van der Waals surface area contributed by atoms with Crippen LogP contribution in [0.3, 0.4) is 0 Å². The van der Waals surface area contributed by atoms with E-state index < -0.39 is 6.10 Å². The number of halogens is 1. The maximum absolute atomic E-state index is 13.7. The molecule has 1 saturated heterocycles. The van der Waals surface area contributed by atoms with E-state index in [-0.39, 0.29) is 30.2 Å². The lowest BCUT2D eigenvalue weighted by molar-refractivity contribution is -0.133. The topological polar surface area (TPSA) is 43.8 Å². The van der Waals surface area contributed by atoms with Crippen molar-refractivity contribution in [3.8, 4) is 0 Å². The number of carbonyl (C=O) groups is 1. The second-order valence-corrected chi connectivity index (χ2v) is 6.72. The molecule has 1 aromatic carbocycles. The van der Waals surface area contributed by atoms with E-state index in [9.17, 15) is 14.3 Å². The van der Waals surface area contributed by atoms with Crippen molar-refractivity contribution in [3.05, 3.63) is 35.6 Å². The van der Waals surface area contributed by atoms with E-state index in [1.165, 1.54) is 18.9 Å². The molecule has 0 unspecified atom stereocenters. The minimum Gasteiger partial charge on any atom is -0.389 e. The largest absolute Gasteiger partial charge is 0.389 e. The molecule has 1 amide bonds. The Kier molecular flexibility index (Phi) is 4.97. The van der Waals surface area contributed by atoms with Gasteiger partial charge in [-0.25, -0.2) is 4.39 Å². The van der Waals surface area contributed by atoms with Crippen LogP contribution in [0.15, 0.2) is 24.3 Å². The van der Waals surface area contributed by atoms with Crippen LogP contribution >= 0.6 is 0 Å². The van der Waals surface area contributed by atoms with Crippen LogP contribution in [-0.2, 0) is 11.2 Å². The maximum Gasteiger partial charge on any atom is 0.227 e.